The number of aryl methyl sites for hydroxylation is 3. The Bertz CT molecular complexity index is 1100. The maximum absolute atomic E-state index is 6.32. The highest BCUT2D eigenvalue weighted by Crippen LogP contribution is 2.36. The predicted octanol–water partition coefficient (Wildman–Crippen LogP) is 5.72. The molecule has 0 radical (unpaired) electrons. The molecule has 0 amide bonds. The Morgan fingerprint density at radius 3 is 2.37 bits per heavy atom. The molecule has 0 aliphatic rings. The zero-order valence-electron chi connectivity index (χ0n) is 18.0. The number of rotatable bonds is 6. The van der Waals surface area contributed by atoms with E-state index in [-0.39, 0.29) is 0 Å². The summed E-state index contributed by atoms with van der Waals surface area (Å²) in [6, 6.07) is 9.25. The second kappa shape index (κ2) is 9.04. The number of halogens is 1. The molecule has 0 unspecified atom stereocenters. The van der Waals surface area contributed by atoms with Gasteiger partial charge in [-0.15, -0.1) is 0 Å². The van der Waals surface area contributed by atoms with Crippen molar-refractivity contribution >= 4 is 40.3 Å². The molecule has 0 saturated carbocycles. The van der Waals surface area contributed by atoms with Crippen molar-refractivity contribution in [1.82, 2.24) is 4.57 Å². The molecule has 0 saturated heterocycles. The van der Waals surface area contributed by atoms with Gasteiger partial charge in [-0.25, -0.2) is 9.13 Å². The van der Waals surface area contributed by atoms with Gasteiger partial charge >= 0.3 is 5.95 Å². The minimum absolute atomic E-state index is 0.566. The number of methoxy groups -OCH3 is 1. The molecule has 9 heteroatoms. The maximum Gasteiger partial charge on any atom is 0.421 e. The smallest absolute Gasteiger partial charge is 0.421 e. The van der Waals surface area contributed by atoms with Crippen molar-refractivity contribution in [3.05, 3.63) is 53.3 Å². The number of aromatic nitrogens is 2. The monoisotopic (exact) mass is 426 g/mol. The molecule has 0 fully saturated rings. The highest BCUT2D eigenvalue weighted by molar-refractivity contribution is 6.33. The minimum Gasteiger partial charge on any atom is -0.494 e. The summed E-state index contributed by atoms with van der Waals surface area (Å²) >= 11 is 6.32. The van der Waals surface area contributed by atoms with Gasteiger partial charge in [0.1, 0.15) is 11.4 Å². The van der Waals surface area contributed by atoms with Gasteiger partial charge in [0, 0.05) is 25.3 Å². The zero-order chi connectivity index (χ0) is 21.8. The van der Waals surface area contributed by atoms with E-state index in [9.17, 15) is 0 Å². The number of azo groups is 2. The average Bonchev–Trinajstić information content (AvgIpc) is 3.02. The van der Waals surface area contributed by atoms with Crippen molar-refractivity contribution in [1.29, 1.82) is 0 Å². The largest absolute Gasteiger partial charge is 0.494 e. The van der Waals surface area contributed by atoms with Crippen LogP contribution in [0.5, 0.6) is 5.75 Å². The van der Waals surface area contributed by atoms with Crippen LogP contribution in [0.1, 0.15) is 5.56 Å². The zero-order valence-corrected chi connectivity index (χ0v) is 18.7. The molecule has 0 aliphatic heterocycles. The number of hydrogen-bond acceptors (Lipinski definition) is 6. The maximum atomic E-state index is 6.32. The van der Waals surface area contributed by atoms with E-state index < -0.39 is 0 Å². The van der Waals surface area contributed by atoms with Crippen molar-refractivity contribution in [2.45, 2.75) is 6.92 Å². The number of anilines is 1. The summed E-state index contributed by atoms with van der Waals surface area (Å²) in [5.74, 6) is 1.28. The number of ether oxygens (including phenoxy) is 1. The molecule has 1 heterocycles. The summed E-state index contributed by atoms with van der Waals surface area (Å²) in [7, 11) is 9.30. The van der Waals surface area contributed by atoms with E-state index in [4.69, 9.17) is 16.3 Å². The third-order valence-corrected chi connectivity index (χ3v) is 4.88. The molecule has 3 rings (SSSR count). The lowest BCUT2D eigenvalue weighted by Crippen LogP contribution is -2.25. The van der Waals surface area contributed by atoms with Crippen molar-refractivity contribution in [3.63, 3.8) is 0 Å². The van der Waals surface area contributed by atoms with E-state index in [0.717, 1.165) is 17.2 Å². The first-order valence-corrected chi connectivity index (χ1v) is 9.68. The van der Waals surface area contributed by atoms with Crippen molar-refractivity contribution in [3.8, 4) is 5.75 Å². The van der Waals surface area contributed by atoms with Gasteiger partial charge in [-0.05, 0) is 36.8 Å². The van der Waals surface area contributed by atoms with Crippen molar-refractivity contribution in [2.75, 3.05) is 26.1 Å². The molecule has 0 bridgehead atoms. The van der Waals surface area contributed by atoms with Crippen molar-refractivity contribution < 1.29 is 9.30 Å². The first-order chi connectivity index (χ1) is 14.3. The summed E-state index contributed by atoms with van der Waals surface area (Å²) in [4.78, 5) is 1.95. The normalized spacial score (nSPS) is 11.6. The summed E-state index contributed by atoms with van der Waals surface area (Å²) in [5.41, 5.74) is 3.80. The standard InChI is InChI=1S/C21H25ClN7O/c1-14-11-18(25-26-21-28(4)9-10-29(21)5)20(30-6)13-17(14)24-23-15-7-8-19(27(2)3)16(22)12-15/h7-13H,1-6H3/q+1. The van der Waals surface area contributed by atoms with Gasteiger partial charge in [-0.2, -0.15) is 10.2 Å². The number of benzene rings is 2. The topological polar surface area (TPSA) is 70.7 Å². The molecule has 30 heavy (non-hydrogen) atoms. The third kappa shape index (κ3) is 4.65. The summed E-state index contributed by atoms with van der Waals surface area (Å²) < 4.78 is 9.26. The van der Waals surface area contributed by atoms with E-state index >= 15 is 0 Å². The van der Waals surface area contributed by atoms with E-state index in [0.29, 0.717) is 27.8 Å². The molecule has 2 aromatic carbocycles. The number of hydrogen-bond donors (Lipinski definition) is 0. The molecule has 0 atom stereocenters. The van der Waals surface area contributed by atoms with E-state index in [1.54, 1.807) is 19.2 Å². The van der Waals surface area contributed by atoms with Gasteiger partial charge in [0.25, 0.3) is 0 Å². The molecule has 156 valence electrons. The van der Waals surface area contributed by atoms with Crippen LogP contribution in [0.25, 0.3) is 0 Å². The molecule has 3 aromatic rings. The second-order valence-corrected chi connectivity index (χ2v) is 7.47. The van der Waals surface area contributed by atoms with Crippen LogP contribution < -0.4 is 14.2 Å². The van der Waals surface area contributed by atoms with Crippen LogP contribution in [0.3, 0.4) is 0 Å². The Morgan fingerprint density at radius 2 is 1.77 bits per heavy atom. The van der Waals surface area contributed by atoms with Gasteiger partial charge in [-0.1, -0.05) is 16.7 Å². The van der Waals surface area contributed by atoms with E-state index in [1.807, 2.05) is 79.7 Å². The first-order valence-electron chi connectivity index (χ1n) is 9.30. The van der Waals surface area contributed by atoms with E-state index in [2.05, 4.69) is 20.5 Å². The SMILES string of the molecule is COc1cc(N=Nc2ccc(N(C)C)c(Cl)c2)c(C)cc1N=Nc1n(C)cc[n+]1C. The van der Waals surface area contributed by atoms with Crippen LogP contribution in [0.4, 0.5) is 28.7 Å². The molecular formula is C21H25ClN7O+. The number of nitrogens with zero attached hydrogens (tertiary/aromatic N) is 7. The Kier molecular flexibility index (Phi) is 6.47. The first kappa shape index (κ1) is 21.4. The Labute approximate surface area is 181 Å². The van der Waals surface area contributed by atoms with Gasteiger partial charge in [0.15, 0.2) is 0 Å². The fourth-order valence-electron chi connectivity index (χ4n) is 2.87. The molecule has 1 aromatic heterocycles. The fraction of sp³-hybridized carbons (Fsp3) is 0.286. The van der Waals surface area contributed by atoms with Crippen molar-refractivity contribution in [2.24, 2.45) is 34.6 Å². The Balaban J connectivity index is 1.88. The molecular weight excluding hydrogens is 402 g/mol. The van der Waals surface area contributed by atoms with Gasteiger partial charge in [0.05, 0.1) is 55.7 Å². The van der Waals surface area contributed by atoms with Crippen LogP contribution in [0.15, 0.2) is 63.2 Å². The number of imidazole rings is 1. The minimum atomic E-state index is 0.566. The summed E-state index contributed by atoms with van der Waals surface area (Å²) in [6.45, 7) is 1.94. The Hall–Kier alpha value is -3.26. The lowest BCUT2D eigenvalue weighted by atomic mass is 10.1. The van der Waals surface area contributed by atoms with Crippen LogP contribution in [-0.2, 0) is 14.1 Å². The van der Waals surface area contributed by atoms with Crippen LogP contribution in [0.2, 0.25) is 5.02 Å². The molecule has 0 aliphatic carbocycles. The second-order valence-electron chi connectivity index (χ2n) is 7.06. The fourth-order valence-corrected chi connectivity index (χ4v) is 3.21. The predicted molar refractivity (Wildman–Crippen MR) is 118 cm³/mol. The molecule has 0 spiro atoms. The van der Waals surface area contributed by atoms with Gasteiger partial charge in [-0.3, -0.25) is 0 Å². The molecule has 0 N–H and O–H groups in total. The highest BCUT2D eigenvalue weighted by Gasteiger charge is 2.13. The quantitative estimate of drug-likeness (QED) is 0.373. The summed E-state index contributed by atoms with van der Waals surface area (Å²) in [5, 5.41) is 18.0. The van der Waals surface area contributed by atoms with Gasteiger partial charge in [0.2, 0.25) is 0 Å². The lowest BCUT2D eigenvalue weighted by molar-refractivity contribution is -0.657. The summed E-state index contributed by atoms with van der Waals surface area (Å²) in [6.07, 6.45) is 3.83. The van der Waals surface area contributed by atoms with Crippen LogP contribution >= 0.6 is 11.6 Å². The van der Waals surface area contributed by atoms with Gasteiger partial charge < -0.3 is 9.64 Å². The Morgan fingerprint density at radius 1 is 1.03 bits per heavy atom. The van der Waals surface area contributed by atoms with E-state index in [1.165, 1.54) is 0 Å². The lowest BCUT2D eigenvalue weighted by Gasteiger charge is -2.14. The highest BCUT2D eigenvalue weighted by atomic mass is 35.5. The van der Waals surface area contributed by atoms with Crippen LogP contribution in [-0.4, -0.2) is 25.8 Å². The third-order valence-electron chi connectivity index (χ3n) is 4.58. The molecule has 8 nitrogen and oxygen atoms in total. The van der Waals surface area contributed by atoms with Crippen LogP contribution in [0, 0.1) is 6.92 Å². The average molecular weight is 427 g/mol.